The van der Waals surface area contributed by atoms with E-state index in [1.54, 1.807) is 13.2 Å². The normalized spacial score (nSPS) is 26.4. The van der Waals surface area contributed by atoms with Crippen molar-refractivity contribution < 1.29 is 13.9 Å². The van der Waals surface area contributed by atoms with E-state index in [1.165, 1.54) is 18.1 Å². The second kappa shape index (κ2) is 8.86. The van der Waals surface area contributed by atoms with Crippen LogP contribution in [0, 0.1) is 23.1 Å². The highest BCUT2D eigenvalue weighted by Crippen LogP contribution is 2.52. The van der Waals surface area contributed by atoms with Crippen LogP contribution in [-0.4, -0.2) is 37.6 Å². The molecule has 2 fully saturated rings. The summed E-state index contributed by atoms with van der Waals surface area (Å²) in [6.07, 6.45) is 3.30. The van der Waals surface area contributed by atoms with Crippen molar-refractivity contribution in [2.24, 2.45) is 11.8 Å². The molecule has 1 heterocycles. The Morgan fingerprint density at radius 3 is 2.47 bits per heavy atom. The van der Waals surface area contributed by atoms with Gasteiger partial charge in [-0.05, 0) is 49.1 Å². The van der Waals surface area contributed by atoms with Crippen LogP contribution in [0.5, 0.6) is 0 Å². The van der Waals surface area contributed by atoms with E-state index in [1.807, 2.05) is 19.1 Å². The van der Waals surface area contributed by atoms with Gasteiger partial charge in [0.15, 0.2) is 0 Å². The van der Waals surface area contributed by atoms with E-state index in [-0.39, 0.29) is 23.6 Å². The average molecular weight is 411 g/mol. The van der Waals surface area contributed by atoms with Crippen molar-refractivity contribution in [2.45, 2.75) is 38.3 Å². The molecular weight excluding hydrogens is 379 g/mol. The molecule has 1 aliphatic carbocycles. The summed E-state index contributed by atoms with van der Waals surface area (Å²) in [6.45, 7) is 5.00. The highest BCUT2D eigenvalue weighted by molar-refractivity contribution is 5.91. The highest BCUT2D eigenvalue weighted by Gasteiger charge is 2.53. The number of nitrogens with one attached hydrogen (secondary N) is 1. The number of methoxy groups -OCH3 is 1. The predicted octanol–water partition coefficient (Wildman–Crippen LogP) is 4.96. The van der Waals surface area contributed by atoms with Crippen LogP contribution < -0.4 is 0 Å². The molecule has 2 aromatic carbocycles. The molecule has 160 valence electrons. The number of piperidine rings is 1. The van der Waals surface area contributed by atoms with Gasteiger partial charge in [-0.3, -0.25) is 10.3 Å². The molecule has 2 bridgehead atoms. The van der Waals surface area contributed by atoms with Crippen LogP contribution in [-0.2, 0) is 21.6 Å². The van der Waals surface area contributed by atoms with Gasteiger partial charge in [-0.1, -0.05) is 36.8 Å². The molecule has 0 amide bonds. The van der Waals surface area contributed by atoms with Crippen molar-refractivity contribution in [3.05, 3.63) is 71.0 Å². The van der Waals surface area contributed by atoms with Gasteiger partial charge in [0.25, 0.3) is 0 Å². The van der Waals surface area contributed by atoms with E-state index in [2.05, 4.69) is 29.2 Å². The average Bonchev–Trinajstić information content (AvgIpc) is 2.73. The molecule has 30 heavy (non-hydrogen) atoms. The lowest BCUT2D eigenvalue weighted by Crippen LogP contribution is -2.58. The largest absolute Gasteiger partial charge is 0.478 e. The van der Waals surface area contributed by atoms with Gasteiger partial charge in [0, 0.05) is 44.1 Å². The predicted molar refractivity (Wildman–Crippen MR) is 116 cm³/mol. The molecule has 1 N–H and O–H groups in total. The summed E-state index contributed by atoms with van der Waals surface area (Å²) >= 11 is 0. The van der Waals surface area contributed by atoms with Gasteiger partial charge in [-0.15, -0.1) is 0 Å². The monoisotopic (exact) mass is 410 g/mol. The summed E-state index contributed by atoms with van der Waals surface area (Å²) in [5, 5.41) is 8.14. The maximum atomic E-state index is 14.6. The lowest BCUT2D eigenvalue weighted by Gasteiger charge is -2.55. The minimum Gasteiger partial charge on any atom is -0.478 e. The molecule has 2 aliphatic rings. The Morgan fingerprint density at radius 2 is 1.83 bits per heavy atom. The Labute approximate surface area is 178 Å². The van der Waals surface area contributed by atoms with E-state index < -0.39 is 5.60 Å². The Morgan fingerprint density at radius 1 is 1.13 bits per heavy atom. The fraction of sp³-hybridized carbons (Fsp3) is 0.480. The fourth-order valence-electron chi connectivity index (χ4n) is 5.59. The zero-order valence-electron chi connectivity index (χ0n) is 17.9. The quantitative estimate of drug-likeness (QED) is 0.541. The van der Waals surface area contributed by atoms with Gasteiger partial charge in [-0.25, -0.2) is 4.39 Å². The first-order chi connectivity index (χ1) is 14.6. The Hall–Kier alpha value is -2.24. The van der Waals surface area contributed by atoms with Crippen LogP contribution in [0.1, 0.15) is 42.9 Å². The molecular formula is C25H31FN2O2. The number of ether oxygens (including phenoxy) is 2. The number of likely N-dealkylation sites (tertiary alicyclic amines) is 1. The summed E-state index contributed by atoms with van der Waals surface area (Å²) in [7, 11) is 1.76. The first-order valence-electron chi connectivity index (χ1n) is 10.9. The molecule has 1 aliphatic heterocycles. The van der Waals surface area contributed by atoms with Crippen LogP contribution in [0.15, 0.2) is 48.5 Å². The standard InChI is InChI=1S/C25H31FN2O2/c1-3-30-24(27)19-12-22(14-23(26)13-19)25(29-2)20-10-7-11-21(25)17-28(16-20)15-18-8-5-4-6-9-18/h4-6,8-9,12-14,20-21,27H,3,7,10-11,15-17H2,1-2H3. The number of rotatable bonds is 6. The van der Waals surface area contributed by atoms with E-state index in [9.17, 15) is 4.39 Å². The van der Waals surface area contributed by atoms with Gasteiger partial charge in [0.2, 0.25) is 5.90 Å². The molecule has 2 unspecified atom stereocenters. The van der Waals surface area contributed by atoms with Crippen molar-refractivity contribution in [1.82, 2.24) is 4.90 Å². The maximum absolute atomic E-state index is 14.6. The number of hydrogen-bond acceptors (Lipinski definition) is 4. The molecule has 0 radical (unpaired) electrons. The lowest BCUT2D eigenvalue weighted by atomic mass is 9.62. The SMILES string of the molecule is CCOC(=N)c1cc(F)cc(C2(OC)C3CCCC2CN(Cc2ccccc2)C3)c1. The van der Waals surface area contributed by atoms with Crippen molar-refractivity contribution in [1.29, 1.82) is 5.41 Å². The zero-order chi connectivity index (χ0) is 21.1. The molecule has 0 aromatic heterocycles. The van der Waals surface area contributed by atoms with Gasteiger partial charge in [0.05, 0.1) is 6.61 Å². The minimum absolute atomic E-state index is 0.0103. The maximum Gasteiger partial charge on any atom is 0.213 e. The summed E-state index contributed by atoms with van der Waals surface area (Å²) in [6, 6.07) is 15.4. The number of nitrogens with zero attached hydrogens (tertiary/aromatic N) is 1. The van der Waals surface area contributed by atoms with Crippen LogP contribution in [0.25, 0.3) is 0 Å². The lowest BCUT2D eigenvalue weighted by molar-refractivity contribution is -0.170. The fourth-order valence-corrected chi connectivity index (χ4v) is 5.59. The van der Waals surface area contributed by atoms with Gasteiger partial charge >= 0.3 is 0 Å². The van der Waals surface area contributed by atoms with Gasteiger partial charge in [0.1, 0.15) is 11.4 Å². The van der Waals surface area contributed by atoms with E-state index in [4.69, 9.17) is 14.9 Å². The first kappa shape index (κ1) is 21.0. The van der Waals surface area contributed by atoms with E-state index >= 15 is 0 Å². The third-order valence-corrected chi connectivity index (χ3v) is 6.76. The third kappa shape index (κ3) is 3.88. The molecule has 5 heteroatoms. The van der Waals surface area contributed by atoms with Crippen LogP contribution in [0.4, 0.5) is 4.39 Å². The van der Waals surface area contributed by atoms with Crippen LogP contribution in [0.3, 0.4) is 0 Å². The molecule has 0 spiro atoms. The summed E-state index contributed by atoms with van der Waals surface area (Å²) in [5.41, 5.74) is 2.12. The Balaban J connectivity index is 1.66. The summed E-state index contributed by atoms with van der Waals surface area (Å²) in [4.78, 5) is 2.52. The number of fused-ring (bicyclic) bond motifs is 2. The van der Waals surface area contributed by atoms with Crippen molar-refractivity contribution in [3.8, 4) is 0 Å². The second-order valence-corrected chi connectivity index (χ2v) is 8.49. The summed E-state index contributed by atoms with van der Waals surface area (Å²) in [5.74, 6) is 0.244. The smallest absolute Gasteiger partial charge is 0.213 e. The van der Waals surface area contributed by atoms with E-state index in [0.717, 1.165) is 38.0 Å². The number of halogens is 1. The topological polar surface area (TPSA) is 45.6 Å². The van der Waals surface area contributed by atoms with Crippen LogP contribution in [0.2, 0.25) is 0 Å². The van der Waals surface area contributed by atoms with Gasteiger partial charge in [-0.2, -0.15) is 0 Å². The van der Waals surface area contributed by atoms with Crippen molar-refractivity contribution in [3.63, 3.8) is 0 Å². The molecule has 2 aromatic rings. The van der Waals surface area contributed by atoms with Crippen LogP contribution >= 0.6 is 0 Å². The van der Waals surface area contributed by atoms with E-state index in [0.29, 0.717) is 12.2 Å². The molecule has 2 atom stereocenters. The highest BCUT2D eigenvalue weighted by atomic mass is 19.1. The Kier molecular flexibility index (Phi) is 6.21. The molecule has 1 saturated carbocycles. The third-order valence-electron chi connectivity index (χ3n) is 6.76. The first-order valence-corrected chi connectivity index (χ1v) is 10.9. The zero-order valence-corrected chi connectivity index (χ0v) is 17.9. The molecule has 4 rings (SSSR count). The van der Waals surface area contributed by atoms with Crippen molar-refractivity contribution in [2.75, 3.05) is 26.8 Å². The Bertz CT molecular complexity index is 872. The second-order valence-electron chi connectivity index (χ2n) is 8.49. The number of benzene rings is 2. The minimum atomic E-state index is -0.519. The van der Waals surface area contributed by atoms with Gasteiger partial charge < -0.3 is 9.47 Å². The molecule has 1 saturated heterocycles. The van der Waals surface area contributed by atoms with Crippen molar-refractivity contribution >= 4 is 5.90 Å². The number of hydrogen-bond donors (Lipinski definition) is 1. The summed E-state index contributed by atoms with van der Waals surface area (Å²) < 4.78 is 26.2. The molecule has 4 nitrogen and oxygen atoms in total.